The number of nitrogens with one attached hydrogen (secondary N) is 1. The van der Waals surface area contributed by atoms with E-state index in [0.717, 1.165) is 55.6 Å². The highest BCUT2D eigenvalue weighted by Gasteiger charge is 2.27. The first-order valence-electron chi connectivity index (χ1n) is 14.8. The highest BCUT2D eigenvalue weighted by atomic mass is 19.1. The Morgan fingerprint density at radius 2 is 1.82 bits per heavy atom. The zero-order valence-electron chi connectivity index (χ0n) is 24.6. The lowest BCUT2D eigenvalue weighted by Crippen LogP contribution is -2.45. The number of hydrogen-bond acceptors (Lipinski definition) is 7. The summed E-state index contributed by atoms with van der Waals surface area (Å²) < 4.78 is 34.9. The minimum atomic E-state index is -0.834. The van der Waals surface area contributed by atoms with E-state index in [9.17, 15) is 13.6 Å². The summed E-state index contributed by atoms with van der Waals surface area (Å²) in [5.74, 6) is -2.31. The van der Waals surface area contributed by atoms with Crippen LogP contribution in [-0.2, 0) is 13.0 Å². The second-order valence-electron chi connectivity index (χ2n) is 11.8. The van der Waals surface area contributed by atoms with Gasteiger partial charge in [-0.25, -0.2) is 18.4 Å². The molecule has 0 bridgehead atoms. The second kappa shape index (κ2) is 11.1. The average Bonchev–Trinajstić information content (AvgIpc) is 3.60. The number of nitrogens with two attached hydrogens (primary N) is 1. The Morgan fingerprint density at radius 3 is 2.57 bits per heavy atom. The van der Waals surface area contributed by atoms with Crippen molar-refractivity contribution in [1.29, 1.82) is 0 Å². The number of fused-ring (bicyclic) bond motifs is 2. The number of aryl methyl sites for hydroxylation is 1. The van der Waals surface area contributed by atoms with E-state index in [1.165, 1.54) is 53.2 Å². The van der Waals surface area contributed by atoms with Crippen molar-refractivity contribution in [2.45, 2.75) is 38.8 Å². The molecule has 0 radical (unpaired) electrons. The number of carbonyl (C=O) groups is 1. The molecule has 0 aliphatic carbocycles. The molecule has 0 amide bonds. The van der Waals surface area contributed by atoms with Gasteiger partial charge in [0.05, 0.1) is 29.3 Å². The molecule has 9 nitrogen and oxygen atoms in total. The van der Waals surface area contributed by atoms with Crippen LogP contribution in [0.5, 0.6) is 11.6 Å². The van der Waals surface area contributed by atoms with Crippen LogP contribution in [0.1, 0.15) is 45.6 Å². The third-order valence-corrected chi connectivity index (χ3v) is 8.89. The number of para-hydroxylation sites is 1. The van der Waals surface area contributed by atoms with Crippen LogP contribution in [0.3, 0.4) is 0 Å². The Kier molecular flexibility index (Phi) is 7.14. The first-order valence-corrected chi connectivity index (χ1v) is 14.8. The maximum Gasteiger partial charge on any atom is 0.219 e. The van der Waals surface area contributed by atoms with Gasteiger partial charge in [0.2, 0.25) is 17.4 Å². The van der Waals surface area contributed by atoms with Crippen molar-refractivity contribution in [2.24, 2.45) is 0 Å². The largest absolute Gasteiger partial charge is 0.433 e. The Labute approximate surface area is 253 Å². The predicted octanol–water partition coefficient (Wildman–Crippen LogP) is 5.39. The SMILES string of the molecule is Cc1cc(Oc2c(F)cccc2F)ncc1-n1ncc(C(=O)c2cc3cc4c(cc3[nH]2)CN(C2CCN(C)CC2)CC4)c1N. The van der Waals surface area contributed by atoms with Crippen LogP contribution in [0, 0.1) is 18.6 Å². The number of nitrogens with zero attached hydrogens (tertiary/aromatic N) is 5. The molecule has 5 aromatic rings. The standard InChI is InChI=1S/C33H33F2N7O2/c1-19-12-30(44-32-25(34)4-3-5-26(32)35)37-17-29(19)42-33(36)24(16-38-42)31(43)28-14-21-13-20-6-11-41(18-22(20)15-27(21)39-28)23-7-9-40(2)10-8-23/h3-5,12-17,23,39H,6-11,18,36H2,1-2H3. The maximum absolute atomic E-state index is 14.0. The Morgan fingerprint density at radius 1 is 1.05 bits per heavy atom. The molecule has 11 heteroatoms. The lowest BCUT2D eigenvalue weighted by atomic mass is 9.94. The molecule has 7 rings (SSSR count). The molecule has 3 aromatic heterocycles. The van der Waals surface area contributed by atoms with Crippen LogP contribution in [0.15, 0.2) is 54.9 Å². The summed E-state index contributed by atoms with van der Waals surface area (Å²) in [5.41, 5.74) is 11.8. The number of H-pyrrole nitrogens is 1. The van der Waals surface area contributed by atoms with E-state index in [1.54, 1.807) is 6.92 Å². The lowest BCUT2D eigenvalue weighted by molar-refractivity contribution is 0.103. The number of rotatable bonds is 6. The van der Waals surface area contributed by atoms with E-state index < -0.39 is 17.4 Å². The van der Waals surface area contributed by atoms with Crippen LogP contribution in [0.2, 0.25) is 0 Å². The minimum Gasteiger partial charge on any atom is -0.433 e. The molecule has 0 unspecified atom stereocenters. The fourth-order valence-corrected chi connectivity index (χ4v) is 6.36. The van der Waals surface area contributed by atoms with Gasteiger partial charge in [0.1, 0.15) is 5.82 Å². The van der Waals surface area contributed by atoms with Crippen LogP contribution in [0.4, 0.5) is 14.6 Å². The molecule has 2 aromatic carbocycles. The molecular weight excluding hydrogens is 564 g/mol. The van der Waals surface area contributed by atoms with Crippen molar-refractivity contribution in [3.63, 3.8) is 0 Å². The molecule has 2 aliphatic heterocycles. The zero-order valence-corrected chi connectivity index (χ0v) is 24.6. The number of piperidine rings is 1. The van der Waals surface area contributed by atoms with Crippen molar-refractivity contribution in [1.82, 2.24) is 29.5 Å². The number of likely N-dealkylation sites (tertiary alicyclic amines) is 1. The van der Waals surface area contributed by atoms with Gasteiger partial charge in [-0.05, 0) is 93.3 Å². The van der Waals surface area contributed by atoms with Gasteiger partial charge in [-0.2, -0.15) is 5.10 Å². The summed E-state index contributed by atoms with van der Waals surface area (Å²) in [6, 6.07) is 11.9. The highest BCUT2D eigenvalue weighted by Crippen LogP contribution is 2.31. The molecule has 44 heavy (non-hydrogen) atoms. The number of nitrogen functional groups attached to an aromatic ring is 1. The molecule has 3 N–H and O–H groups in total. The molecule has 0 atom stereocenters. The predicted molar refractivity (Wildman–Crippen MR) is 163 cm³/mol. The molecule has 1 fully saturated rings. The first kappa shape index (κ1) is 28.2. The maximum atomic E-state index is 14.0. The molecule has 0 spiro atoms. The van der Waals surface area contributed by atoms with Gasteiger partial charge >= 0.3 is 0 Å². The van der Waals surface area contributed by atoms with Crippen molar-refractivity contribution in [3.8, 4) is 17.3 Å². The molecule has 1 saturated heterocycles. The quantitative estimate of drug-likeness (QED) is 0.253. The number of benzene rings is 2. The molecule has 226 valence electrons. The van der Waals surface area contributed by atoms with Crippen LogP contribution in [-0.4, -0.2) is 68.1 Å². The van der Waals surface area contributed by atoms with Gasteiger partial charge in [0.15, 0.2) is 11.6 Å². The van der Waals surface area contributed by atoms with Gasteiger partial charge in [0, 0.05) is 36.1 Å². The van der Waals surface area contributed by atoms with Crippen molar-refractivity contribution < 1.29 is 18.3 Å². The van der Waals surface area contributed by atoms with Crippen molar-refractivity contribution in [3.05, 3.63) is 94.4 Å². The number of aromatic amines is 1. The second-order valence-corrected chi connectivity index (χ2v) is 11.8. The number of carbonyl (C=O) groups excluding carboxylic acids is 1. The number of ketones is 1. The molecule has 2 aliphatic rings. The summed E-state index contributed by atoms with van der Waals surface area (Å²) in [7, 11) is 2.19. The number of aromatic nitrogens is 4. The summed E-state index contributed by atoms with van der Waals surface area (Å²) in [6.45, 7) is 6.02. The number of hydrogen-bond donors (Lipinski definition) is 2. The smallest absolute Gasteiger partial charge is 0.219 e. The number of anilines is 1. The Bertz CT molecular complexity index is 1870. The number of pyridine rings is 1. The van der Waals surface area contributed by atoms with Gasteiger partial charge in [0.25, 0.3) is 0 Å². The summed E-state index contributed by atoms with van der Waals surface area (Å²) in [4.78, 5) is 26.1. The highest BCUT2D eigenvalue weighted by molar-refractivity contribution is 6.12. The Balaban J connectivity index is 1.11. The van der Waals surface area contributed by atoms with E-state index >= 15 is 0 Å². The van der Waals surface area contributed by atoms with E-state index in [0.29, 0.717) is 23.0 Å². The summed E-state index contributed by atoms with van der Waals surface area (Å²) >= 11 is 0. The van der Waals surface area contributed by atoms with E-state index in [1.807, 2.05) is 6.07 Å². The van der Waals surface area contributed by atoms with Crippen LogP contribution in [0.25, 0.3) is 16.6 Å². The van der Waals surface area contributed by atoms with Crippen LogP contribution < -0.4 is 10.5 Å². The average molecular weight is 598 g/mol. The van der Waals surface area contributed by atoms with Gasteiger partial charge in [-0.1, -0.05) is 6.07 Å². The fraction of sp³-hybridized carbons (Fsp3) is 0.303. The van der Waals surface area contributed by atoms with Crippen LogP contribution >= 0.6 is 0 Å². The van der Waals surface area contributed by atoms with E-state index in [-0.39, 0.29) is 23.0 Å². The van der Waals surface area contributed by atoms with E-state index in [4.69, 9.17) is 10.5 Å². The normalized spacial score (nSPS) is 16.4. The third kappa shape index (κ3) is 5.11. The van der Waals surface area contributed by atoms with Gasteiger partial charge in [-0.3, -0.25) is 9.69 Å². The number of halogens is 2. The van der Waals surface area contributed by atoms with Crippen molar-refractivity contribution in [2.75, 3.05) is 32.4 Å². The van der Waals surface area contributed by atoms with Gasteiger partial charge < -0.3 is 20.4 Å². The summed E-state index contributed by atoms with van der Waals surface area (Å²) in [6.07, 6.45) is 6.27. The minimum absolute atomic E-state index is 0.00696. The zero-order chi connectivity index (χ0) is 30.5. The third-order valence-electron chi connectivity index (χ3n) is 8.89. The first-order chi connectivity index (χ1) is 21.2. The fourth-order valence-electron chi connectivity index (χ4n) is 6.36. The summed E-state index contributed by atoms with van der Waals surface area (Å²) in [5, 5.41) is 5.35. The topological polar surface area (TPSA) is 105 Å². The lowest BCUT2D eigenvalue weighted by Gasteiger charge is -2.39. The Hall–Kier alpha value is -4.61. The van der Waals surface area contributed by atoms with E-state index in [2.05, 4.69) is 44.0 Å². The molecule has 0 saturated carbocycles. The number of ether oxygens (including phenoxy) is 1. The monoisotopic (exact) mass is 597 g/mol. The van der Waals surface area contributed by atoms with Crippen molar-refractivity contribution >= 4 is 22.5 Å². The molecule has 5 heterocycles. The van der Waals surface area contributed by atoms with Gasteiger partial charge in [-0.15, -0.1) is 0 Å². The molecular formula is C33H33F2N7O2.